The van der Waals surface area contributed by atoms with Gasteiger partial charge in [0, 0.05) is 5.41 Å². The molecule has 0 amide bonds. The Kier molecular flexibility index (Phi) is 12.1. The van der Waals surface area contributed by atoms with Crippen molar-refractivity contribution in [2.45, 2.75) is 147 Å². The summed E-state index contributed by atoms with van der Waals surface area (Å²) in [6.07, 6.45) is 18.3. The highest BCUT2D eigenvalue weighted by atomic mass is 32.2. The highest BCUT2D eigenvalue weighted by molar-refractivity contribution is 8.24. The Bertz CT molecular complexity index is 1400. The average Bonchev–Trinajstić information content (AvgIpc) is 3.56. The van der Waals surface area contributed by atoms with Gasteiger partial charge < -0.3 is 14.3 Å². The molecule has 4 saturated carbocycles. The van der Waals surface area contributed by atoms with E-state index in [1.54, 1.807) is 12.1 Å². The number of rotatable bonds is 7. The van der Waals surface area contributed by atoms with Gasteiger partial charge >= 0.3 is 11.9 Å². The summed E-state index contributed by atoms with van der Waals surface area (Å²) in [6, 6.07) is 3.46. The molecule has 0 radical (unpaired) electrons. The first kappa shape index (κ1) is 37.5. The number of hydrogen-bond donors (Lipinski definition) is 0. The van der Waals surface area contributed by atoms with Crippen LogP contribution >= 0.6 is 23.5 Å². The number of Topliss-reactive ketones (excluding diaryl/α,β-unsaturated/α-hetero) is 1. The van der Waals surface area contributed by atoms with Crippen molar-refractivity contribution in [3.8, 4) is 11.5 Å². The third-order valence-corrected chi connectivity index (χ3v) is 15.3. The van der Waals surface area contributed by atoms with Crippen molar-refractivity contribution in [1.82, 2.24) is 0 Å². The highest BCUT2D eigenvalue weighted by Crippen LogP contribution is 2.60. The second-order valence-electron chi connectivity index (χ2n) is 17.4. The second-order valence-corrected chi connectivity index (χ2v) is 19.7. The van der Waals surface area contributed by atoms with Crippen LogP contribution in [0.15, 0.2) is 31.9 Å². The van der Waals surface area contributed by atoms with Crippen LogP contribution in [0.25, 0.3) is 4.85 Å². The van der Waals surface area contributed by atoms with Crippen molar-refractivity contribution in [2.24, 2.45) is 52.8 Å². The molecule has 1 heterocycles. The summed E-state index contributed by atoms with van der Waals surface area (Å²) in [5, 5.41) is 0. The summed E-state index contributed by atoms with van der Waals surface area (Å²) >= 11 is 2.56. The molecule has 0 unspecified atom stereocenters. The molecule has 4 aliphatic carbocycles. The molecular formula is C42H57NO5S2. The minimum Gasteiger partial charge on any atom is -0.425 e. The molecule has 1 aromatic carbocycles. The van der Waals surface area contributed by atoms with E-state index in [-0.39, 0.29) is 35.3 Å². The van der Waals surface area contributed by atoms with Gasteiger partial charge in [-0.2, -0.15) is 0 Å². The van der Waals surface area contributed by atoms with E-state index in [1.165, 1.54) is 74.9 Å². The topological polar surface area (TPSA) is 74.0 Å². The number of esters is 2. The first-order valence-electron chi connectivity index (χ1n) is 19.5. The minimum absolute atomic E-state index is 0.0733. The van der Waals surface area contributed by atoms with Gasteiger partial charge in [0.1, 0.15) is 11.5 Å². The monoisotopic (exact) mass is 719 g/mol. The lowest BCUT2D eigenvalue weighted by Gasteiger charge is -2.36. The predicted octanol–water partition coefficient (Wildman–Crippen LogP) is 11.7. The molecule has 1 aliphatic heterocycles. The van der Waals surface area contributed by atoms with Crippen LogP contribution in [0.5, 0.6) is 11.5 Å². The number of fused-ring (bicyclic) bond motifs is 1. The van der Waals surface area contributed by atoms with Gasteiger partial charge in [-0.05, 0) is 125 Å². The first-order valence-corrected chi connectivity index (χ1v) is 21.2. The molecule has 1 aromatic rings. The largest absolute Gasteiger partial charge is 0.425 e. The van der Waals surface area contributed by atoms with Gasteiger partial charge in [0.05, 0.1) is 32.4 Å². The summed E-state index contributed by atoms with van der Waals surface area (Å²) in [4.78, 5) is 45.5. The van der Waals surface area contributed by atoms with Crippen LogP contribution in [0.3, 0.4) is 0 Å². The number of ketones is 1. The van der Waals surface area contributed by atoms with E-state index in [1.807, 2.05) is 20.8 Å². The quantitative estimate of drug-likeness (QED) is 0.120. The van der Waals surface area contributed by atoms with Crippen molar-refractivity contribution in [3.63, 3.8) is 0 Å². The molecular weight excluding hydrogens is 663 g/mol. The zero-order chi connectivity index (χ0) is 35.6. The van der Waals surface area contributed by atoms with Gasteiger partial charge in [-0.25, -0.2) is 4.85 Å². The maximum Gasteiger partial charge on any atom is 0.314 e. The Morgan fingerprint density at radius 1 is 0.620 bits per heavy atom. The average molecular weight is 720 g/mol. The Morgan fingerprint density at radius 3 is 1.28 bits per heavy atom. The number of benzene rings is 1. The molecule has 4 fully saturated rings. The first-order chi connectivity index (χ1) is 23.9. The third kappa shape index (κ3) is 8.68. The lowest BCUT2D eigenvalue weighted by Crippen LogP contribution is -2.30. The number of thioether (sulfide) groups is 2. The summed E-state index contributed by atoms with van der Waals surface area (Å²) in [6.45, 7) is 18.0. The van der Waals surface area contributed by atoms with E-state index in [0.29, 0.717) is 37.4 Å². The number of carbonyl (C=O) groups is 3. The molecule has 0 aromatic heterocycles. The van der Waals surface area contributed by atoms with Crippen molar-refractivity contribution < 1.29 is 23.9 Å². The van der Waals surface area contributed by atoms with Gasteiger partial charge in [-0.3, -0.25) is 9.59 Å². The van der Waals surface area contributed by atoms with E-state index in [2.05, 4.69) is 18.7 Å². The van der Waals surface area contributed by atoms with Gasteiger partial charge in [-0.15, -0.1) is 0 Å². The summed E-state index contributed by atoms with van der Waals surface area (Å²) in [7, 11) is 0. The molecule has 8 heteroatoms. The molecule has 272 valence electrons. The van der Waals surface area contributed by atoms with Gasteiger partial charge in [0.15, 0.2) is 5.78 Å². The van der Waals surface area contributed by atoms with Crippen molar-refractivity contribution in [3.05, 3.63) is 33.5 Å². The van der Waals surface area contributed by atoms with Crippen molar-refractivity contribution >= 4 is 41.2 Å². The van der Waals surface area contributed by atoms with Crippen LogP contribution in [0.2, 0.25) is 0 Å². The van der Waals surface area contributed by atoms with Gasteiger partial charge in [-0.1, -0.05) is 83.8 Å². The smallest absolute Gasteiger partial charge is 0.314 e. The van der Waals surface area contributed by atoms with E-state index in [4.69, 9.17) is 16.0 Å². The molecule has 0 spiro atoms. The predicted molar refractivity (Wildman–Crippen MR) is 201 cm³/mol. The molecule has 0 atom stereocenters. The molecule has 50 heavy (non-hydrogen) atoms. The van der Waals surface area contributed by atoms with E-state index in [9.17, 15) is 14.4 Å². The van der Waals surface area contributed by atoms with Crippen molar-refractivity contribution in [2.75, 3.05) is 0 Å². The maximum atomic E-state index is 13.6. The van der Waals surface area contributed by atoms with E-state index < -0.39 is 5.41 Å². The highest BCUT2D eigenvalue weighted by Gasteiger charge is 2.38. The zero-order valence-corrected chi connectivity index (χ0v) is 32.5. The number of carbonyl (C=O) groups excluding carboxylic acids is 3. The van der Waals surface area contributed by atoms with Crippen molar-refractivity contribution in [1.29, 1.82) is 0 Å². The van der Waals surface area contributed by atoms with Gasteiger partial charge in [0.25, 0.3) is 0 Å². The molecule has 6 rings (SSSR count). The van der Waals surface area contributed by atoms with E-state index >= 15 is 0 Å². The van der Waals surface area contributed by atoms with Gasteiger partial charge in [0.2, 0.25) is 5.70 Å². The zero-order valence-electron chi connectivity index (χ0n) is 30.9. The summed E-state index contributed by atoms with van der Waals surface area (Å²) < 4.78 is 12.8. The Labute approximate surface area is 308 Å². The fourth-order valence-electron chi connectivity index (χ4n) is 9.28. The minimum atomic E-state index is -0.725. The number of allylic oxidation sites excluding steroid dienone is 1. The SMILES string of the molecule is [C-]#[N+]C(C(=O)C(C)(C)C)=C1Sc2c(OC(=O)C3CCC(C4CCC(C)CC4)CC3)ccc(OC(=O)C3CCC(C4CCC(C)CC4)CC3)c2S1. The fraction of sp³-hybridized carbons (Fsp3) is 0.714. The molecule has 5 aliphatic rings. The Hall–Kier alpha value is -2.24. The lowest BCUT2D eigenvalue weighted by molar-refractivity contribution is -0.141. The van der Waals surface area contributed by atoms with Crippen LogP contribution in [-0.4, -0.2) is 17.7 Å². The number of hydrogen-bond acceptors (Lipinski definition) is 7. The van der Waals surface area contributed by atoms with E-state index in [0.717, 1.165) is 75.0 Å². The van der Waals surface area contributed by atoms with Crippen LogP contribution in [0.1, 0.15) is 137 Å². The maximum absolute atomic E-state index is 13.6. The van der Waals surface area contributed by atoms with Crippen LogP contribution in [0.4, 0.5) is 0 Å². The third-order valence-electron chi connectivity index (χ3n) is 12.7. The normalized spacial score (nSPS) is 31.6. The molecule has 0 saturated heterocycles. The standard InChI is InChI=1S/C42H57NO5S2/c1-25-7-11-27(12-8-25)29-15-19-31(20-16-29)39(45)47-33-23-24-34(37-36(33)49-41(50-37)35(43-6)38(44)42(3,4)5)48-40(46)32-21-17-30(18-22-32)28-13-9-26(2)10-14-28/h23-32H,7-22H2,1-5H3. The second kappa shape index (κ2) is 16.2. The molecule has 6 nitrogen and oxygen atoms in total. The Morgan fingerprint density at radius 2 is 0.960 bits per heavy atom. The number of ether oxygens (including phenoxy) is 2. The fourth-order valence-corrected chi connectivity index (χ4v) is 11.8. The Balaban J connectivity index is 1.15. The van der Waals surface area contributed by atoms with Crippen LogP contribution in [0, 0.1) is 59.3 Å². The number of nitrogens with zero attached hydrogens (tertiary/aromatic N) is 1. The van der Waals surface area contributed by atoms with Crippen LogP contribution in [-0.2, 0) is 14.4 Å². The lowest BCUT2D eigenvalue weighted by atomic mass is 9.69. The summed E-state index contributed by atoms with van der Waals surface area (Å²) in [5.41, 5.74) is -0.652. The molecule has 0 bridgehead atoms. The molecule has 0 N–H and O–H groups in total. The van der Waals surface area contributed by atoms with Crippen LogP contribution < -0.4 is 9.47 Å². The summed E-state index contributed by atoms with van der Waals surface area (Å²) in [5.74, 6) is 4.59.